The monoisotopic (exact) mass is 454 g/mol. The van der Waals surface area contributed by atoms with E-state index in [0.717, 1.165) is 34.9 Å². The fourth-order valence-corrected chi connectivity index (χ4v) is 4.34. The van der Waals surface area contributed by atoms with Crippen LogP contribution in [0, 0.1) is 5.92 Å². The molecule has 1 amide bonds. The zero-order valence-electron chi connectivity index (χ0n) is 19.8. The van der Waals surface area contributed by atoms with Crippen molar-refractivity contribution in [3.63, 3.8) is 0 Å². The highest BCUT2D eigenvalue weighted by molar-refractivity contribution is 7.11. The first-order chi connectivity index (χ1) is 14.9. The van der Waals surface area contributed by atoms with Gasteiger partial charge in [0.2, 0.25) is 0 Å². The zero-order chi connectivity index (χ0) is 22.8. The van der Waals surface area contributed by atoms with Gasteiger partial charge in [-0.05, 0) is 38.2 Å². The predicted octanol–water partition coefficient (Wildman–Crippen LogP) is 5.32. The molecule has 0 radical (unpaired) electrons. The van der Waals surface area contributed by atoms with Gasteiger partial charge in [0.15, 0.2) is 0 Å². The number of rotatable bonds is 12. The van der Waals surface area contributed by atoms with Crippen LogP contribution in [-0.4, -0.2) is 55.6 Å². The number of hydrogen-bond donors (Lipinski definition) is 0. The molecule has 1 aromatic heterocycles. The lowest BCUT2D eigenvalue weighted by Gasteiger charge is -2.25. The summed E-state index contributed by atoms with van der Waals surface area (Å²) in [5.41, 5.74) is 0. The molecule has 31 heavy (non-hydrogen) atoms. The fourth-order valence-electron chi connectivity index (χ4n) is 3.36. The van der Waals surface area contributed by atoms with Gasteiger partial charge in [0, 0.05) is 33.4 Å². The molecule has 176 valence electrons. The zero-order valence-corrected chi connectivity index (χ0v) is 20.6. The van der Waals surface area contributed by atoms with Gasteiger partial charge in [0.1, 0.15) is 17.7 Å². The van der Waals surface area contributed by atoms with Gasteiger partial charge < -0.3 is 18.9 Å². The maximum absolute atomic E-state index is 12.6. The number of aromatic nitrogens is 1. The Morgan fingerprint density at radius 3 is 2.77 bits per heavy atom. The lowest BCUT2D eigenvalue weighted by Crippen LogP contribution is -2.34. The van der Waals surface area contributed by atoms with Crippen LogP contribution in [0.5, 0.6) is 0 Å². The molecule has 2 heterocycles. The average Bonchev–Trinajstić information content (AvgIpc) is 3.40. The van der Waals surface area contributed by atoms with Crippen molar-refractivity contribution >= 4 is 17.4 Å². The molecule has 0 aliphatic carbocycles. The number of amides is 1. The smallest absolute Gasteiger partial charge is 0.410 e. The Balaban J connectivity index is 1.97. The molecule has 8 heteroatoms. The predicted molar refractivity (Wildman–Crippen MR) is 122 cm³/mol. The Hall–Kier alpha value is -1.64. The highest BCUT2D eigenvalue weighted by Gasteiger charge is 2.34. The van der Waals surface area contributed by atoms with Gasteiger partial charge in [0.05, 0.1) is 29.4 Å². The molecule has 0 spiro atoms. The maximum Gasteiger partial charge on any atom is 0.410 e. The summed E-state index contributed by atoms with van der Waals surface area (Å²) in [6.45, 7) is 9.81. The molecule has 0 saturated carbocycles. The van der Waals surface area contributed by atoms with E-state index in [1.54, 1.807) is 25.6 Å². The summed E-state index contributed by atoms with van der Waals surface area (Å²) in [6.07, 6.45) is 6.97. The third-order valence-electron chi connectivity index (χ3n) is 5.52. The van der Waals surface area contributed by atoms with Crippen molar-refractivity contribution in [3.05, 3.63) is 27.9 Å². The lowest BCUT2D eigenvalue weighted by molar-refractivity contribution is 0.0177. The maximum atomic E-state index is 12.6. The molecule has 1 aromatic rings. The average molecular weight is 455 g/mol. The normalized spacial score (nSPS) is 19.0. The first-order valence-electron chi connectivity index (χ1n) is 11.1. The summed E-state index contributed by atoms with van der Waals surface area (Å²) in [7, 11) is 3.35. The summed E-state index contributed by atoms with van der Waals surface area (Å²) >= 11 is 1.60. The van der Waals surface area contributed by atoms with Crippen molar-refractivity contribution in [1.82, 2.24) is 9.88 Å². The van der Waals surface area contributed by atoms with Crippen LogP contribution >= 0.6 is 11.3 Å². The van der Waals surface area contributed by atoms with Gasteiger partial charge >= 0.3 is 6.09 Å². The SMILES string of the molecule is CC/C=C(\C[C@@H](COC)OC)OCc1cnc([C@@H]2CCCN2C(=O)OC(C)C(C)C)s1. The van der Waals surface area contributed by atoms with Crippen molar-refractivity contribution < 1.29 is 23.7 Å². The molecule has 1 saturated heterocycles. The van der Waals surface area contributed by atoms with Gasteiger partial charge in [0.25, 0.3) is 0 Å². The number of allylic oxidation sites excluding steroid dienone is 1. The Morgan fingerprint density at radius 1 is 1.35 bits per heavy atom. The van der Waals surface area contributed by atoms with E-state index < -0.39 is 0 Å². The van der Waals surface area contributed by atoms with Gasteiger partial charge in [-0.2, -0.15) is 0 Å². The molecule has 1 fully saturated rings. The number of thiazole rings is 1. The molecule has 2 rings (SSSR count). The minimum atomic E-state index is -0.242. The van der Waals surface area contributed by atoms with Crippen LogP contribution in [0.15, 0.2) is 18.0 Å². The van der Waals surface area contributed by atoms with Crippen molar-refractivity contribution in [1.29, 1.82) is 0 Å². The number of carbonyl (C=O) groups excluding carboxylic acids is 1. The Labute approximate surface area is 190 Å². The fraction of sp³-hybridized carbons (Fsp3) is 0.739. The topological polar surface area (TPSA) is 70.1 Å². The van der Waals surface area contributed by atoms with E-state index in [2.05, 4.69) is 31.8 Å². The summed E-state index contributed by atoms with van der Waals surface area (Å²) < 4.78 is 22.4. The molecule has 1 aliphatic heterocycles. The second-order valence-electron chi connectivity index (χ2n) is 8.23. The first kappa shape index (κ1) is 25.6. The minimum Gasteiger partial charge on any atom is -0.493 e. The van der Waals surface area contributed by atoms with Crippen molar-refractivity contribution in [2.24, 2.45) is 5.92 Å². The summed E-state index contributed by atoms with van der Waals surface area (Å²) in [6, 6.07) is -0.0177. The van der Waals surface area contributed by atoms with Crippen molar-refractivity contribution in [2.75, 3.05) is 27.4 Å². The highest BCUT2D eigenvalue weighted by Crippen LogP contribution is 2.35. The molecule has 1 aliphatic rings. The van der Waals surface area contributed by atoms with Crippen molar-refractivity contribution in [2.45, 2.75) is 78.2 Å². The number of nitrogens with zero attached hydrogens (tertiary/aromatic N) is 2. The van der Waals surface area contributed by atoms with E-state index >= 15 is 0 Å². The molecule has 0 bridgehead atoms. The largest absolute Gasteiger partial charge is 0.493 e. The number of hydrogen-bond acceptors (Lipinski definition) is 7. The number of carbonyl (C=O) groups is 1. The third kappa shape index (κ3) is 7.77. The Morgan fingerprint density at radius 2 is 2.13 bits per heavy atom. The van der Waals surface area contributed by atoms with Crippen LogP contribution in [0.2, 0.25) is 0 Å². The van der Waals surface area contributed by atoms with Crippen LogP contribution < -0.4 is 0 Å². The van der Waals surface area contributed by atoms with E-state index in [1.165, 1.54) is 0 Å². The Kier molecular flexibility index (Phi) is 10.8. The number of likely N-dealkylation sites (tertiary alicyclic amines) is 1. The minimum absolute atomic E-state index is 0.0177. The lowest BCUT2D eigenvalue weighted by atomic mass is 10.1. The highest BCUT2D eigenvalue weighted by atomic mass is 32.1. The van der Waals surface area contributed by atoms with Crippen molar-refractivity contribution in [3.8, 4) is 0 Å². The standard InChI is InChI=1S/C23H38N2O5S/c1-7-9-18(12-19(28-6)14-27-5)29-15-20-13-24-22(31-20)21-10-8-11-25(21)23(26)30-17(4)16(2)3/h9,13,16-17,19,21H,7-8,10-12,14-15H2,1-6H3/b18-9+/t17?,19-,21-/m0/s1. The molecule has 0 aromatic carbocycles. The summed E-state index contributed by atoms with van der Waals surface area (Å²) in [4.78, 5) is 20.1. The van der Waals surface area contributed by atoms with E-state index in [-0.39, 0.29) is 24.3 Å². The molecule has 0 N–H and O–H groups in total. The molecular weight excluding hydrogens is 416 g/mol. The van der Waals surface area contributed by atoms with Crippen LogP contribution in [0.25, 0.3) is 0 Å². The number of methoxy groups -OCH3 is 2. The van der Waals surface area contributed by atoms with Gasteiger partial charge in [-0.1, -0.05) is 20.8 Å². The van der Waals surface area contributed by atoms with E-state index in [1.807, 2.05) is 18.0 Å². The van der Waals surface area contributed by atoms with Gasteiger partial charge in [-0.3, -0.25) is 4.90 Å². The second kappa shape index (κ2) is 13.0. The third-order valence-corrected chi connectivity index (χ3v) is 6.59. The van der Waals surface area contributed by atoms with E-state index in [9.17, 15) is 4.79 Å². The quantitative estimate of drug-likeness (QED) is 0.398. The summed E-state index contributed by atoms with van der Waals surface area (Å²) in [5.74, 6) is 1.19. The van der Waals surface area contributed by atoms with E-state index in [4.69, 9.17) is 18.9 Å². The van der Waals surface area contributed by atoms with Crippen LogP contribution in [0.3, 0.4) is 0 Å². The van der Waals surface area contributed by atoms with E-state index in [0.29, 0.717) is 32.1 Å². The van der Waals surface area contributed by atoms with Gasteiger partial charge in [-0.15, -0.1) is 11.3 Å². The second-order valence-corrected chi connectivity index (χ2v) is 9.38. The molecular formula is C23H38N2O5S. The first-order valence-corrected chi connectivity index (χ1v) is 12.0. The molecule has 3 atom stereocenters. The van der Waals surface area contributed by atoms with Crippen LogP contribution in [0.4, 0.5) is 4.79 Å². The summed E-state index contributed by atoms with van der Waals surface area (Å²) in [5, 5.41) is 0.945. The molecule has 1 unspecified atom stereocenters. The van der Waals surface area contributed by atoms with Crippen LogP contribution in [0.1, 0.15) is 69.3 Å². The van der Waals surface area contributed by atoms with Crippen LogP contribution in [-0.2, 0) is 25.6 Å². The number of ether oxygens (including phenoxy) is 4. The molecule has 7 nitrogen and oxygen atoms in total. The Bertz CT molecular complexity index is 706. The van der Waals surface area contributed by atoms with Gasteiger partial charge in [-0.25, -0.2) is 9.78 Å².